The minimum absolute atomic E-state index is 0.0939. The lowest BCUT2D eigenvalue weighted by atomic mass is 9.80. The van der Waals surface area contributed by atoms with Crippen LogP contribution in [-0.4, -0.2) is 68.2 Å². The second kappa shape index (κ2) is 12.9. The van der Waals surface area contributed by atoms with Crippen molar-refractivity contribution in [1.82, 2.24) is 0 Å². The largest absolute Gasteiger partial charge is 0.396 e. The molecule has 5 nitrogen and oxygen atoms in total. The summed E-state index contributed by atoms with van der Waals surface area (Å²) >= 11 is 0. The number of halogens is 3. The average molecular weight is 388 g/mol. The molecule has 0 radical (unpaired) electrons. The zero-order valence-electron chi connectivity index (χ0n) is 16.0. The first-order valence-electron chi connectivity index (χ1n) is 9.18. The molecule has 0 heterocycles. The average Bonchev–Trinajstić information content (AvgIpc) is 2.61. The smallest absolute Gasteiger partial charge is 0.389 e. The van der Waals surface area contributed by atoms with E-state index in [0.717, 1.165) is 0 Å². The van der Waals surface area contributed by atoms with Gasteiger partial charge in [0.1, 0.15) is 0 Å². The fraction of sp³-hybridized carbons (Fsp3) is 1.00. The van der Waals surface area contributed by atoms with Crippen LogP contribution in [0.1, 0.15) is 51.9 Å². The molecule has 0 aliphatic carbocycles. The molecule has 0 aliphatic heterocycles. The lowest BCUT2D eigenvalue weighted by Crippen LogP contribution is -2.35. The first kappa shape index (κ1) is 25.6. The van der Waals surface area contributed by atoms with Gasteiger partial charge < -0.3 is 24.8 Å². The van der Waals surface area contributed by atoms with E-state index in [2.05, 4.69) is 0 Å². The van der Waals surface area contributed by atoms with Gasteiger partial charge in [-0.15, -0.1) is 0 Å². The van der Waals surface area contributed by atoms with Crippen molar-refractivity contribution >= 4 is 0 Å². The van der Waals surface area contributed by atoms with Crippen molar-refractivity contribution in [1.29, 1.82) is 0 Å². The van der Waals surface area contributed by atoms with Gasteiger partial charge in [-0.25, -0.2) is 0 Å². The summed E-state index contributed by atoms with van der Waals surface area (Å²) in [6, 6.07) is 0. The Labute approximate surface area is 154 Å². The quantitative estimate of drug-likeness (QED) is 0.354. The first-order valence-corrected chi connectivity index (χ1v) is 9.18. The summed E-state index contributed by atoms with van der Waals surface area (Å²) in [5.74, 6) is 0. The monoisotopic (exact) mass is 388 g/mol. The van der Waals surface area contributed by atoms with E-state index in [1.165, 1.54) is 7.11 Å². The van der Waals surface area contributed by atoms with Crippen LogP contribution in [0.5, 0.6) is 0 Å². The zero-order chi connectivity index (χ0) is 20.1. The molecule has 0 spiro atoms. The number of unbranched alkanes of at least 4 members (excludes halogenated alkanes) is 1. The second-order valence-electron chi connectivity index (χ2n) is 7.28. The molecule has 0 saturated heterocycles. The van der Waals surface area contributed by atoms with Crippen LogP contribution >= 0.6 is 0 Å². The summed E-state index contributed by atoms with van der Waals surface area (Å²) in [5, 5.41) is 28.5. The lowest BCUT2D eigenvalue weighted by Gasteiger charge is -2.32. The third kappa shape index (κ3) is 10.1. The van der Waals surface area contributed by atoms with E-state index in [9.17, 15) is 28.5 Å². The fourth-order valence-corrected chi connectivity index (χ4v) is 3.08. The summed E-state index contributed by atoms with van der Waals surface area (Å²) < 4.78 is 48.2. The van der Waals surface area contributed by atoms with Crippen molar-refractivity contribution in [2.75, 3.05) is 46.8 Å². The Kier molecular flexibility index (Phi) is 12.7. The standard InChI is InChI=1S/C18H35F3O5/c1-3-6-16(11-22,8-9-18(19,20)21)15-26-10-5-4-7-17(12-23,13-24)14-25-2/h22-24H,3-15H2,1-2H3. The number of alkyl halides is 3. The van der Waals surface area contributed by atoms with E-state index in [-0.39, 0.29) is 39.5 Å². The number of hydrogen-bond acceptors (Lipinski definition) is 5. The van der Waals surface area contributed by atoms with Gasteiger partial charge in [-0.2, -0.15) is 13.2 Å². The molecule has 0 aromatic rings. The van der Waals surface area contributed by atoms with E-state index >= 15 is 0 Å². The third-order valence-electron chi connectivity index (χ3n) is 4.83. The molecule has 0 saturated carbocycles. The zero-order valence-corrected chi connectivity index (χ0v) is 16.0. The van der Waals surface area contributed by atoms with Crippen molar-refractivity contribution in [3.05, 3.63) is 0 Å². The maximum Gasteiger partial charge on any atom is 0.389 e. The summed E-state index contributed by atoms with van der Waals surface area (Å²) in [7, 11) is 1.51. The third-order valence-corrected chi connectivity index (χ3v) is 4.83. The highest BCUT2D eigenvalue weighted by Gasteiger charge is 2.36. The Balaban J connectivity index is 4.33. The number of methoxy groups -OCH3 is 1. The van der Waals surface area contributed by atoms with Crippen LogP contribution in [0.3, 0.4) is 0 Å². The van der Waals surface area contributed by atoms with E-state index in [1.807, 2.05) is 6.92 Å². The molecule has 0 aromatic carbocycles. The molecule has 0 fully saturated rings. The highest BCUT2D eigenvalue weighted by Crippen LogP contribution is 2.35. The first-order chi connectivity index (χ1) is 12.2. The van der Waals surface area contributed by atoms with Gasteiger partial charge in [0.05, 0.1) is 33.0 Å². The van der Waals surface area contributed by atoms with Gasteiger partial charge in [-0.1, -0.05) is 19.8 Å². The maximum absolute atomic E-state index is 12.5. The van der Waals surface area contributed by atoms with Crippen molar-refractivity contribution in [2.24, 2.45) is 10.8 Å². The summed E-state index contributed by atoms with van der Waals surface area (Å²) in [6.07, 6.45) is -2.26. The summed E-state index contributed by atoms with van der Waals surface area (Å²) in [4.78, 5) is 0. The Bertz CT molecular complexity index is 348. The molecule has 158 valence electrons. The predicted octanol–water partition coefficient (Wildman–Crippen LogP) is 2.91. The van der Waals surface area contributed by atoms with Crippen molar-refractivity contribution in [3.8, 4) is 0 Å². The fourth-order valence-electron chi connectivity index (χ4n) is 3.08. The minimum Gasteiger partial charge on any atom is -0.396 e. The van der Waals surface area contributed by atoms with Crippen LogP contribution < -0.4 is 0 Å². The van der Waals surface area contributed by atoms with Crippen LogP contribution in [0.2, 0.25) is 0 Å². The SMILES string of the molecule is CCCC(CO)(CCC(F)(F)F)COCCCCC(CO)(CO)COC. The van der Waals surface area contributed by atoms with Gasteiger partial charge in [0, 0.05) is 31.0 Å². The second-order valence-corrected chi connectivity index (χ2v) is 7.28. The van der Waals surface area contributed by atoms with Crippen molar-refractivity contribution in [3.63, 3.8) is 0 Å². The highest BCUT2D eigenvalue weighted by molar-refractivity contribution is 4.80. The maximum atomic E-state index is 12.5. The lowest BCUT2D eigenvalue weighted by molar-refractivity contribution is -0.146. The Morgan fingerprint density at radius 3 is 1.85 bits per heavy atom. The van der Waals surface area contributed by atoms with Gasteiger partial charge in [0.25, 0.3) is 0 Å². The highest BCUT2D eigenvalue weighted by atomic mass is 19.4. The van der Waals surface area contributed by atoms with Gasteiger partial charge >= 0.3 is 6.18 Å². The molecule has 8 heteroatoms. The van der Waals surface area contributed by atoms with Gasteiger partial charge in [-0.3, -0.25) is 0 Å². The Morgan fingerprint density at radius 2 is 1.38 bits per heavy atom. The Hall–Kier alpha value is -0.410. The molecule has 0 bridgehead atoms. The van der Waals surface area contributed by atoms with Crippen LogP contribution in [0, 0.1) is 10.8 Å². The summed E-state index contributed by atoms with van der Waals surface area (Å²) in [5.41, 5.74) is -1.54. The minimum atomic E-state index is -4.24. The molecule has 26 heavy (non-hydrogen) atoms. The Morgan fingerprint density at radius 1 is 0.769 bits per heavy atom. The normalized spacial score (nSPS) is 15.2. The van der Waals surface area contributed by atoms with E-state index in [0.29, 0.717) is 38.7 Å². The molecule has 0 aromatic heterocycles. The van der Waals surface area contributed by atoms with E-state index < -0.39 is 23.4 Å². The molecule has 0 amide bonds. The van der Waals surface area contributed by atoms with Crippen LogP contribution in [0.15, 0.2) is 0 Å². The predicted molar refractivity (Wildman–Crippen MR) is 92.9 cm³/mol. The molecule has 1 unspecified atom stereocenters. The molecular weight excluding hydrogens is 353 g/mol. The molecule has 0 rings (SSSR count). The molecule has 1 atom stereocenters. The number of ether oxygens (including phenoxy) is 2. The van der Waals surface area contributed by atoms with Crippen LogP contribution in [-0.2, 0) is 9.47 Å². The van der Waals surface area contributed by atoms with E-state index in [1.54, 1.807) is 0 Å². The van der Waals surface area contributed by atoms with Gasteiger partial charge in [0.15, 0.2) is 0 Å². The number of aliphatic hydroxyl groups excluding tert-OH is 3. The topological polar surface area (TPSA) is 79.2 Å². The van der Waals surface area contributed by atoms with Crippen molar-refractivity contribution < 1.29 is 38.0 Å². The molecular formula is C18H35F3O5. The van der Waals surface area contributed by atoms with Crippen LogP contribution in [0.4, 0.5) is 13.2 Å². The number of rotatable bonds is 16. The number of aliphatic hydroxyl groups is 3. The molecule has 3 N–H and O–H groups in total. The van der Waals surface area contributed by atoms with Crippen molar-refractivity contribution in [2.45, 2.75) is 58.0 Å². The summed E-state index contributed by atoms with van der Waals surface area (Å²) in [6.45, 7) is 1.88. The van der Waals surface area contributed by atoms with Crippen LogP contribution in [0.25, 0.3) is 0 Å². The molecule has 0 aliphatic rings. The van der Waals surface area contributed by atoms with Gasteiger partial charge in [0.2, 0.25) is 0 Å². The van der Waals surface area contributed by atoms with Gasteiger partial charge in [-0.05, 0) is 25.7 Å². The number of hydrogen-bond donors (Lipinski definition) is 3. The van der Waals surface area contributed by atoms with E-state index in [4.69, 9.17) is 9.47 Å².